The molecule has 2 aromatic rings. The summed E-state index contributed by atoms with van der Waals surface area (Å²) in [5.74, 6) is -1.43. The zero-order chi connectivity index (χ0) is 18.6. The molecule has 1 atom stereocenters. The van der Waals surface area contributed by atoms with Crippen LogP contribution in [-0.2, 0) is 9.59 Å². The van der Waals surface area contributed by atoms with E-state index in [1.54, 1.807) is 68.7 Å². The standard InChI is InChI=1S/C19H21FN2O3/c1-19(2,3)18(24)21-16(17(23)22-25)13-10-8-12(9-11-13)14-6-4-5-7-15(14)20/h4-11,16,25H,1-3H3,(H,21,24)(H,22,23). The molecular weight excluding hydrogens is 323 g/mol. The van der Waals surface area contributed by atoms with Gasteiger partial charge in [0, 0.05) is 11.0 Å². The van der Waals surface area contributed by atoms with Crippen molar-refractivity contribution in [2.75, 3.05) is 0 Å². The number of carbonyl (C=O) groups excluding carboxylic acids is 2. The molecule has 0 fully saturated rings. The van der Waals surface area contributed by atoms with Gasteiger partial charge >= 0.3 is 0 Å². The van der Waals surface area contributed by atoms with Crippen LogP contribution < -0.4 is 10.8 Å². The Hall–Kier alpha value is -2.73. The smallest absolute Gasteiger partial charge is 0.270 e. The van der Waals surface area contributed by atoms with Gasteiger partial charge in [0.25, 0.3) is 5.91 Å². The Balaban J connectivity index is 2.31. The predicted octanol–water partition coefficient (Wildman–Crippen LogP) is 3.20. The molecule has 0 aliphatic heterocycles. The van der Waals surface area contributed by atoms with E-state index in [-0.39, 0.29) is 11.7 Å². The summed E-state index contributed by atoms with van der Waals surface area (Å²) in [7, 11) is 0. The van der Waals surface area contributed by atoms with Crippen LogP contribution in [0, 0.1) is 11.2 Å². The van der Waals surface area contributed by atoms with Gasteiger partial charge in [-0.3, -0.25) is 14.8 Å². The highest BCUT2D eigenvalue weighted by Gasteiger charge is 2.28. The van der Waals surface area contributed by atoms with Gasteiger partial charge in [0.05, 0.1) is 0 Å². The van der Waals surface area contributed by atoms with E-state index in [2.05, 4.69) is 5.32 Å². The Morgan fingerprint density at radius 1 is 1.04 bits per heavy atom. The lowest BCUT2D eigenvalue weighted by Crippen LogP contribution is -2.43. The largest absolute Gasteiger partial charge is 0.340 e. The van der Waals surface area contributed by atoms with Crippen molar-refractivity contribution in [3.63, 3.8) is 0 Å². The van der Waals surface area contributed by atoms with Crippen molar-refractivity contribution >= 4 is 11.8 Å². The molecule has 2 aromatic carbocycles. The number of benzene rings is 2. The minimum Gasteiger partial charge on any atom is -0.340 e. The van der Waals surface area contributed by atoms with Crippen LogP contribution in [0.25, 0.3) is 11.1 Å². The molecule has 0 saturated heterocycles. The molecule has 0 saturated carbocycles. The summed E-state index contributed by atoms with van der Waals surface area (Å²) in [6.07, 6.45) is 0. The first-order valence-corrected chi connectivity index (χ1v) is 7.84. The van der Waals surface area contributed by atoms with E-state index in [9.17, 15) is 14.0 Å². The van der Waals surface area contributed by atoms with E-state index in [1.165, 1.54) is 6.07 Å². The summed E-state index contributed by atoms with van der Waals surface area (Å²) >= 11 is 0. The highest BCUT2D eigenvalue weighted by Crippen LogP contribution is 2.25. The highest BCUT2D eigenvalue weighted by molar-refractivity contribution is 5.90. The summed E-state index contributed by atoms with van der Waals surface area (Å²) in [5.41, 5.74) is 2.43. The van der Waals surface area contributed by atoms with Crippen molar-refractivity contribution in [3.05, 3.63) is 59.9 Å². The number of nitrogens with one attached hydrogen (secondary N) is 2. The van der Waals surface area contributed by atoms with Gasteiger partial charge in [-0.2, -0.15) is 0 Å². The number of rotatable bonds is 4. The number of amides is 2. The van der Waals surface area contributed by atoms with Crippen LogP contribution in [0.2, 0.25) is 0 Å². The number of hydroxylamine groups is 1. The van der Waals surface area contributed by atoms with E-state index < -0.39 is 17.4 Å². The third kappa shape index (κ3) is 4.42. The molecule has 5 nitrogen and oxygen atoms in total. The van der Waals surface area contributed by atoms with Crippen LogP contribution in [-0.4, -0.2) is 17.0 Å². The molecule has 2 rings (SSSR count). The van der Waals surface area contributed by atoms with Crippen LogP contribution >= 0.6 is 0 Å². The fraction of sp³-hybridized carbons (Fsp3) is 0.263. The molecule has 132 valence electrons. The Morgan fingerprint density at radius 2 is 1.64 bits per heavy atom. The molecule has 0 aliphatic rings. The lowest BCUT2D eigenvalue weighted by Gasteiger charge is -2.23. The van der Waals surface area contributed by atoms with Crippen LogP contribution in [0.1, 0.15) is 32.4 Å². The Morgan fingerprint density at radius 3 is 2.16 bits per heavy atom. The summed E-state index contributed by atoms with van der Waals surface area (Å²) in [4.78, 5) is 24.1. The third-order valence-corrected chi connectivity index (χ3v) is 3.76. The molecule has 0 aromatic heterocycles. The molecule has 0 radical (unpaired) electrons. The highest BCUT2D eigenvalue weighted by atomic mass is 19.1. The lowest BCUT2D eigenvalue weighted by molar-refractivity contribution is -0.137. The average molecular weight is 344 g/mol. The van der Waals surface area contributed by atoms with Crippen LogP contribution in [0.3, 0.4) is 0 Å². The fourth-order valence-electron chi connectivity index (χ4n) is 2.26. The third-order valence-electron chi connectivity index (χ3n) is 3.76. The number of hydrogen-bond donors (Lipinski definition) is 3. The summed E-state index contributed by atoms with van der Waals surface area (Å²) in [5, 5.41) is 11.6. The maximum absolute atomic E-state index is 13.9. The number of hydrogen-bond acceptors (Lipinski definition) is 3. The Kier molecular flexibility index (Phi) is 5.54. The van der Waals surface area contributed by atoms with Crippen molar-refractivity contribution < 1.29 is 19.2 Å². The first kappa shape index (κ1) is 18.6. The van der Waals surface area contributed by atoms with Crippen molar-refractivity contribution in [2.45, 2.75) is 26.8 Å². The van der Waals surface area contributed by atoms with E-state index in [4.69, 9.17) is 5.21 Å². The van der Waals surface area contributed by atoms with E-state index >= 15 is 0 Å². The summed E-state index contributed by atoms with van der Waals surface area (Å²) in [6, 6.07) is 11.9. The Bertz CT molecular complexity index is 767. The quantitative estimate of drug-likeness (QED) is 0.589. The maximum Gasteiger partial charge on any atom is 0.270 e. The van der Waals surface area contributed by atoms with Crippen molar-refractivity contribution in [3.8, 4) is 11.1 Å². The second kappa shape index (κ2) is 7.44. The van der Waals surface area contributed by atoms with Crippen LogP contribution in [0.4, 0.5) is 4.39 Å². The molecule has 6 heteroatoms. The zero-order valence-electron chi connectivity index (χ0n) is 14.3. The molecule has 1 unspecified atom stereocenters. The minimum atomic E-state index is -1.05. The molecule has 2 amide bonds. The van der Waals surface area contributed by atoms with Gasteiger partial charge in [-0.25, -0.2) is 9.87 Å². The van der Waals surface area contributed by atoms with E-state index in [0.29, 0.717) is 16.7 Å². The van der Waals surface area contributed by atoms with Gasteiger partial charge in [-0.05, 0) is 17.2 Å². The Labute approximate surface area is 145 Å². The average Bonchev–Trinajstić information content (AvgIpc) is 2.58. The molecule has 3 N–H and O–H groups in total. The molecule has 0 bridgehead atoms. The van der Waals surface area contributed by atoms with Crippen molar-refractivity contribution in [1.82, 2.24) is 10.8 Å². The first-order chi connectivity index (χ1) is 11.7. The van der Waals surface area contributed by atoms with Crippen LogP contribution in [0.15, 0.2) is 48.5 Å². The maximum atomic E-state index is 13.9. The van der Waals surface area contributed by atoms with Gasteiger partial charge in [-0.15, -0.1) is 0 Å². The van der Waals surface area contributed by atoms with Crippen molar-refractivity contribution in [1.29, 1.82) is 0 Å². The van der Waals surface area contributed by atoms with E-state index in [0.717, 1.165) is 0 Å². The van der Waals surface area contributed by atoms with Gasteiger partial charge < -0.3 is 5.32 Å². The molecule has 0 spiro atoms. The molecule has 0 heterocycles. The van der Waals surface area contributed by atoms with Gasteiger partial charge in [0.1, 0.15) is 11.9 Å². The first-order valence-electron chi connectivity index (χ1n) is 7.84. The second-order valence-electron chi connectivity index (χ2n) is 6.73. The number of carbonyl (C=O) groups is 2. The van der Waals surface area contributed by atoms with Gasteiger partial charge in [0.15, 0.2) is 0 Å². The summed E-state index contributed by atoms with van der Waals surface area (Å²) in [6.45, 7) is 5.16. The van der Waals surface area contributed by atoms with E-state index in [1.807, 2.05) is 0 Å². The summed E-state index contributed by atoms with van der Waals surface area (Å²) < 4.78 is 13.9. The number of halogens is 1. The SMILES string of the molecule is CC(C)(C)C(=O)NC(C(=O)NO)c1ccc(-c2ccccc2F)cc1. The second-order valence-corrected chi connectivity index (χ2v) is 6.73. The normalized spacial score (nSPS) is 12.4. The minimum absolute atomic E-state index is 0.334. The fourth-order valence-corrected chi connectivity index (χ4v) is 2.26. The molecule has 0 aliphatic carbocycles. The lowest BCUT2D eigenvalue weighted by atomic mass is 9.94. The topological polar surface area (TPSA) is 78.4 Å². The van der Waals surface area contributed by atoms with Crippen LogP contribution in [0.5, 0.6) is 0 Å². The van der Waals surface area contributed by atoms with Gasteiger partial charge in [-0.1, -0.05) is 63.2 Å². The molecular formula is C19H21FN2O3. The molecule has 25 heavy (non-hydrogen) atoms. The monoisotopic (exact) mass is 344 g/mol. The van der Waals surface area contributed by atoms with Gasteiger partial charge in [0.2, 0.25) is 5.91 Å². The zero-order valence-corrected chi connectivity index (χ0v) is 14.3. The van der Waals surface area contributed by atoms with Crippen molar-refractivity contribution in [2.24, 2.45) is 5.41 Å². The predicted molar refractivity (Wildman–Crippen MR) is 92.1 cm³/mol.